The maximum atomic E-state index is 8.93. The molecular weight excluding hydrogens is 402 g/mol. The van der Waals surface area contributed by atoms with E-state index in [-0.39, 0.29) is 0 Å². The van der Waals surface area contributed by atoms with Gasteiger partial charge in [-0.2, -0.15) is 0 Å². The Balaban J connectivity index is 0.000000340. The van der Waals surface area contributed by atoms with Gasteiger partial charge < -0.3 is 31.3 Å². The van der Waals surface area contributed by atoms with Gasteiger partial charge in [-0.15, -0.1) is 0 Å². The van der Waals surface area contributed by atoms with E-state index in [0.717, 1.165) is 11.4 Å². The third-order valence-electron chi connectivity index (χ3n) is 2.13. The number of carboxylic acid groups (broad SMARTS) is 2. The number of halogens is 4. The van der Waals surface area contributed by atoms with Gasteiger partial charge in [0.15, 0.2) is 0 Å². The number of hydrogen-bond donors (Lipinski definition) is 2. The summed E-state index contributed by atoms with van der Waals surface area (Å²) in [6.07, 6.45) is 0. The summed E-state index contributed by atoms with van der Waals surface area (Å²) in [5.41, 5.74) is 9.12. The molecule has 0 bridgehead atoms. The lowest BCUT2D eigenvalue weighted by Gasteiger charge is -1.97. The maximum Gasteiger partial charge on any atom is 0.129 e. The van der Waals surface area contributed by atoms with Gasteiger partial charge in [0.05, 0.1) is 32.0 Å². The average Bonchev–Trinajstić information content (AvgIpc) is 2.49. The molecule has 2 aromatic carbocycles. The Bertz CT molecular complexity index is 664. The maximum absolute atomic E-state index is 8.93. The second kappa shape index (κ2) is 11.1. The van der Waals surface area contributed by atoms with Crippen LogP contribution in [0.2, 0.25) is 20.1 Å². The lowest BCUT2D eigenvalue weighted by atomic mass is 10.3. The molecule has 0 unspecified atom stereocenters. The molecule has 10 heteroatoms. The van der Waals surface area contributed by atoms with Gasteiger partial charge in [-0.25, -0.2) is 0 Å². The Kier molecular flexibility index (Phi) is 10.4. The van der Waals surface area contributed by atoms with Crippen molar-refractivity contribution in [3.05, 3.63) is 56.5 Å². The minimum absolute atomic E-state index is 0.559. The summed E-state index contributed by atoms with van der Waals surface area (Å²) in [6, 6.07) is 10.5. The number of rotatable bonds is 0. The highest BCUT2D eigenvalue weighted by atomic mass is 35.5. The molecule has 0 aromatic heterocycles. The summed E-state index contributed by atoms with van der Waals surface area (Å²) in [7, 11) is 0. The molecule has 0 spiro atoms. The molecule has 0 radical (unpaired) electrons. The number of benzene rings is 2. The molecule has 0 heterocycles. The Morgan fingerprint density at radius 1 is 0.667 bits per heavy atom. The van der Waals surface area contributed by atoms with E-state index in [0.29, 0.717) is 20.1 Å². The zero-order chi connectivity index (χ0) is 18.9. The fourth-order valence-electron chi connectivity index (χ4n) is 1.08. The fraction of sp³-hybridized carbons (Fsp3) is 0. The van der Waals surface area contributed by atoms with Crippen molar-refractivity contribution in [1.82, 2.24) is 0 Å². The molecule has 6 N–H and O–H groups in total. The number of hydrogen-bond acceptors (Lipinski definition) is 4. The zero-order valence-electron chi connectivity index (χ0n) is 12.0. The molecule has 0 saturated heterocycles. The average molecular weight is 414 g/mol. The standard InChI is InChI=1S/2C6H5Cl2N.C2H2O4/c2*7-5-2-1-4(9)3-6(5)8;3-1(4)2(5)6/h2*1-3H,9H2;(H,3,4)(H,5,6). The zero-order valence-corrected chi connectivity index (χ0v) is 15.0. The molecule has 0 amide bonds. The first kappa shape index (κ1) is 22.5. The van der Waals surface area contributed by atoms with E-state index >= 15 is 0 Å². The van der Waals surface area contributed by atoms with Gasteiger partial charge in [0.2, 0.25) is 0 Å². The molecule has 0 saturated carbocycles. The summed E-state index contributed by atoms with van der Waals surface area (Å²) in [6.45, 7) is 0. The van der Waals surface area contributed by atoms with Crippen LogP contribution in [0.3, 0.4) is 0 Å². The third kappa shape index (κ3) is 9.57. The second-order valence-electron chi connectivity index (χ2n) is 4.07. The summed E-state index contributed by atoms with van der Waals surface area (Å²) in [4.78, 5) is 17.9. The van der Waals surface area contributed by atoms with Crippen LogP contribution in [-0.2, 0) is 9.59 Å². The molecular formula is C14H12Cl4N2O4. The molecule has 0 aliphatic heterocycles. The molecule has 2 aromatic rings. The third-order valence-corrected chi connectivity index (χ3v) is 3.61. The first-order valence-corrected chi connectivity index (χ1v) is 7.52. The van der Waals surface area contributed by atoms with Crippen molar-refractivity contribution in [2.45, 2.75) is 0 Å². The van der Waals surface area contributed by atoms with E-state index in [4.69, 9.17) is 66.2 Å². The van der Waals surface area contributed by atoms with Crippen molar-refractivity contribution in [3.8, 4) is 0 Å². The van der Waals surface area contributed by atoms with Crippen molar-refractivity contribution < 1.29 is 31.3 Å². The lowest BCUT2D eigenvalue weighted by molar-refractivity contribution is -0.345. The smallest absolute Gasteiger partial charge is 0.129 e. The van der Waals surface area contributed by atoms with Crippen LogP contribution < -0.4 is 21.7 Å². The summed E-state index contributed by atoms with van der Waals surface area (Å²) >= 11 is 22.5. The predicted octanol–water partition coefficient (Wildman–Crippen LogP) is 0.220. The lowest BCUT2D eigenvalue weighted by Crippen LogP contribution is -2.42. The summed E-state index contributed by atoms with van der Waals surface area (Å²) < 4.78 is 0. The Morgan fingerprint density at radius 3 is 1.12 bits per heavy atom. The van der Waals surface area contributed by atoms with E-state index in [1.165, 1.54) is 0 Å². The number of carbonyl (C=O) groups is 2. The highest BCUT2D eigenvalue weighted by Crippen LogP contribution is 2.23. The SMILES string of the molecule is O=C([O-])C(=O)[O-].[NH3+]c1ccc(Cl)c(Cl)c1.[NH3+]c1ccc(Cl)c(Cl)c1. The van der Waals surface area contributed by atoms with Crippen LogP contribution in [0.4, 0.5) is 11.4 Å². The number of carboxylic acids is 2. The molecule has 0 fully saturated rings. The highest BCUT2D eigenvalue weighted by molar-refractivity contribution is 6.42. The van der Waals surface area contributed by atoms with Gasteiger partial charge in [-0.05, 0) is 12.1 Å². The predicted molar refractivity (Wildman–Crippen MR) is 88.0 cm³/mol. The molecule has 0 atom stereocenters. The molecule has 2 rings (SSSR count). The minimum Gasteiger partial charge on any atom is -0.543 e. The van der Waals surface area contributed by atoms with E-state index in [1.807, 2.05) is 12.1 Å². The van der Waals surface area contributed by atoms with Crippen LogP contribution in [0.5, 0.6) is 0 Å². The minimum atomic E-state index is -2.19. The fourth-order valence-corrected chi connectivity index (χ4v) is 1.72. The quantitative estimate of drug-likeness (QED) is 0.597. The number of carbonyl (C=O) groups excluding carboxylic acids is 2. The van der Waals surface area contributed by atoms with Crippen molar-refractivity contribution in [2.75, 3.05) is 0 Å². The van der Waals surface area contributed by atoms with Crippen molar-refractivity contribution in [3.63, 3.8) is 0 Å². The molecule has 130 valence electrons. The molecule has 6 nitrogen and oxygen atoms in total. The van der Waals surface area contributed by atoms with Crippen LogP contribution in [-0.4, -0.2) is 11.9 Å². The first-order chi connectivity index (χ1) is 11.0. The van der Waals surface area contributed by atoms with Gasteiger partial charge in [0.25, 0.3) is 0 Å². The van der Waals surface area contributed by atoms with Crippen LogP contribution in [0.25, 0.3) is 0 Å². The largest absolute Gasteiger partial charge is 0.543 e. The van der Waals surface area contributed by atoms with Crippen LogP contribution in [0, 0.1) is 0 Å². The summed E-state index contributed by atoms with van der Waals surface area (Å²) in [5, 5.41) is 20.1. The van der Waals surface area contributed by atoms with Gasteiger partial charge in [-0.1, -0.05) is 46.4 Å². The van der Waals surface area contributed by atoms with Crippen LogP contribution in [0.15, 0.2) is 36.4 Å². The van der Waals surface area contributed by atoms with Crippen LogP contribution in [0.1, 0.15) is 0 Å². The van der Waals surface area contributed by atoms with E-state index < -0.39 is 11.9 Å². The Morgan fingerprint density at radius 2 is 0.958 bits per heavy atom. The molecule has 24 heavy (non-hydrogen) atoms. The van der Waals surface area contributed by atoms with Gasteiger partial charge in [-0.3, -0.25) is 0 Å². The van der Waals surface area contributed by atoms with Crippen molar-refractivity contribution >= 4 is 69.7 Å². The normalized spacial score (nSPS) is 9.08. The van der Waals surface area contributed by atoms with Crippen molar-refractivity contribution in [1.29, 1.82) is 0 Å². The van der Waals surface area contributed by atoms with E-state index in [1.54, 1.807) is 24.3 Å². The second-order valence-corrected chi connectivity index (χ2v) is 5.70. The Labute approximate surface area is 157 Å². The topological polar surface area (TPSA) is 136 Å². The number of quaternary nitrogens is 2. The van der Waals surface area contributed by atoms with Gasteiger partial charge in [0, 0.05) is 24.3 Å². The van der Waals surface area contributed by atoms with E-state index in [9.17, 15) is 0 Å². The van der Waals surface area contributed by atoms with Crippen LogP contribution >= 0.6 is 46.4 Å². The highest BCUT2D eigenvalue weighted by Gasteiger charge is 1.97. The monoisotopic (exact) mass is 412 g/mol. The summed E-state index contributed by atoms with van der Waals surface area (Å²) in [5.74, 6) is -4.37. The van der Waals surface area contributed by atoms with E-state index in [2.05, 4.69) is 11.5 Å². The van der Waals surface area contributed by atoms with Gasteiger partial charge >= 0.3 is 0 Å². The first-order valence-electron chi connectivity index (χ1n) is 6.01. The van der Waals surface area contributed by atoms with Gasteiger partial charge in [0.1, 0.15) is 11.4 Å². The van der Waals surface area contributed by atoms with Crippen molar-refractivity contribution in [2.24, 2.45) is 0 Å². The Hall–Kier alpha value is -1.54. The molecule has 0 aliphatic carbocycles. The molecule has 0 aliphatic rings. The number of aliphatic carboxylic acids is 2.